The van der Waals surface area contributed by atoms with E-state index >= 15 is 0 Å². The van der Waals surface area contributed by atoms with Crippen LogP contribution in [0.15, 0.2) is 48.9 Å². The van der Waals surface area contributed by atoms with E-state index in [4.69, 9.17) is 4.74 Å². The van der Waals surface area contributed by atoms with Crippen LogP contribution in [-0.4, -0.2) is 40.2 Å². The molecule has 0 atom stereocenters. The molecular weight excluding hydrogens is 328 g/mol. The monoisotopic (exact) mass is 346 g/mol. The van der Waals surface area contributed by atoms with Gasteiger partial charge in [0.05, 0.1) is 31.3 Å². The maximum absolute atomic E-state index is 11.8. The second-order valence-electron chi connectivity index (χ2n) is 5.25. The zero-order valence-electron chi connectivity index (χ0n) is 13.5. The Morgan fingerprint density at radius 3 is 2.58 bits per heavy atom. The summed E-state index contributed by atoms with van der Waals surface area (Å²) in [6.45, 7) is 2.20. The zero-order chi connectivity index (χ0) is 17.2. The minimum absolute atomic E-state index is 0.00481. The summed E-state index contributed by atoms with van der Waals surface area (Å²) in [6, 6.07) is 9.42. The Balaban J connectivity index is 1.78. The van der Waals surface area contributed by atoms with E-state index in [-0.39, 0.29) is 5.75 Å². The Hall–Kier alpha value is -2.61. The van der Waals surface area contributed by atoms with Crippen molar-refractivity contribution in [3.63, 3.8) is 0 Å². The van der Waals surface area contributed by atoms with Crippen molar-refractivity contribution < 1.29 is 13.2 Å². The summed E-state index contributed by atoms with van der Waals surface area (Å²) in [4.78, 5) is 0. The minimum Gasteiger partial charge on any atom is -0.497 e. The molecule has 0 amide bonds. The minimum atomic E-state index is -3.37. The van der Waals surface area contributed by atoms with E-state index in [9.17, 15) is 8.42 Å². The Morgan fingerprint density at radius 1 is 1.17 bits per heavy atom. The molecule has 0 aliphatic heterocycles. The maximum Gasteiger partial charge on any atom is 0.253 e. The van der Waals surface area contributed by atoms with Gasteiger partial charge in [0, 0.05) is 18.0 Å². The molecule has 1 aromatic carbocycles. The van der Waals surface area contributed by atoms with Crippen molar-refractivity contribution in [1.82, 2.24) is 19.0 Å². The molecule has 7 nitrogen and oxygen atoms in total. The third-order valence-corrected chi connectivity index (χ3v) is 5.15. The van der Waals surface area contributed by atoms with Crippen LogP contribution in [0.25, 0.3) is 11.3 Å². The first-order valence-electron chi connectivity index (χ1n) is 7.46. The molecule has 2 heterocycles. The second kappa shape index (κ2) is 6.48. The predicted molar refractivity (Wildman–Crippen MR) is 90.4 cm³/mol. The molecule has 8 heteroatoms. The molecule has 0 aliphatic carbocycles. The van der Waals surface area contributed by atoms with Crippen LogP contribution < -0.4 is 4.74 Å². The lowest BCUT2D eigenvalue weighted by molar-refractivity contribution is 0.414. The Kier molecular flexibility index (Phi) is 4.39. The van der Waals surface area contributed by atoms with E-state index in [0.717, 1.165) is 21.0 Å². The van der Waals surface area contributed by atoms with Crippen molar-refractivity contribution in [1.29, 1.82) is 0 Å². The van der Waals surface area contributed by atoms with Crippen molar-refractivity contribution in [3.8, 4) is 17.0 Å². The van der Waals surface area contributed by atoms with Gasteiger partial charge in [0.15, 0.2) is 0 Å². The Bertz CT molecular complexity index is 926. The lowest BCUT2D eigenvalue weighted by Gasteiger charge is -2.03. The molecular formula is C16H18N4O3S. The van der Waals surface area contributed by atoms with Gasteiger partial charge in [-0.3, -0.25) is 4.68 Å². The molecule has 3 rings (SSSR count). The van der Waals surface area contributed by atoms with E-state index in [1.807, 2.05) is 30.5 Å². The first kappa shape index (κ1) is 16.3. The third kappa shape index (κ3) is 3.33. The highest BCUT2D eigenvalue weighted by Crippen LogP contribution is 2.18. The summed E-state index contributed by atoms with van der Waals surface area (Å²) < 4.78 is 31.6. The number of methoxy groups -OCH3 is 1. The van der Waals surface area contributed by atoms with Crippen molar-refractivity contribution >= 4 is 10.0 Å². The van der Waals surface area contributed by atoms with Gasteiger partial charge in [-0.2, -0.15) is 14.3 Å². The lowest BCUT2D eigenvalue weighted by Crippen LogP contribution is -2.15. The summed E-state index contributed by atoms with van der Waals surface area (Å²) in [6.07, 6.45) is 4.97. The normalized spacial score (nSPS) is 11.6. The van der Waals surface area contributed by atoms with Crippen molar-refractivity contribution in [2.75, 3.05) is 12.9 Å². The van der Waals surface area contributed by atoms with Crippen molar-refractivity contribution in [3.05, 3.63) is 54.5 Å². The highest BCUT2D eigenvalue weighted by Gasteiger charge is 2.13. The topological polar surface area (TPSA) is 79.0 Å². The molecule has 0 aliphatic rings. The zero-order valence-corrected chi connectivity index (χ0v) is 14.3. The average Bonchev–Trinajstić information content (AvgIpc) is 3.25. The first-order chi connectivity index (χ1) is 11.5. The maximum atomic E-state index is 11.8. The SMILES string of the molecule is CCS(=O)(=O)n1ccc(-c2cnn(Cc3ccc(OC)cc3)c2)n1. The van der Waals surface area contributed by atoms with Gasteiger partial charge < -0.3 is 4.74 Å². The standard InChI is InChI=1S/C16H18N4O3S/c1-3-24(21,22)20-9-8-16(18-20)14-10-17-19(12-14)11-13-4-6-15(23-2)7-5-13/h4-10,12H,3,11H2,1-2H3. The highest BCUT2D eigenvalue weighted by atomic mass is 32.2. The average molecular weight is 346 g/mol. The van der Waals surface area contributed by atoms with Crippen LogP contribution in [0.5, 0.6) is 5.75 Å². The van der Waals surface area contributed by atoms with Crippen LogP contribution >= 0.6 is 0 Å². The molecule has 0 saturated heterocycles. The van der Waals surface area contributed by atoms with E-state index in [0.29, 0.717) is 12.2 Å². The van der Waals surface area contributed by atoms with Crippen LogP contribution in [0.1, 0.15) is 12.5 Å². The molecule has 3 aromatic rings. The Labute approximate surface area is 140 Å². The van der Waals surface area contributed by atoms with Gasteiger partial charge in [-0.05, 0) is 30.7 Å². The quantitative estimate of drug-likeness (QED) is 0.682. The van der Waals surface area contributed by atoms with Crippen LogP contribution in [-0.2, 0) is 16.6 Å². The van der Waals surface area contributed by atoms with Crippen LogP contribution in [0.3, 0.4) is 0 Å². The van der Waals surface area contributed by atoms with Crippen molar-refractivity contribution in [2.24, 2.45) is 0 Å². The van der Waals surface area contributed by atoms with Gasteiger partial charge in [-0.25, -0.2) is 8.42 Å². The van der Waals surface area contributed by atoms with Gasteiger partial charge in [-0.1, -0.05) is 12.1 Å². The lowest BCUT2D eigenvalue weighted by atomic mass is 10.2. The summed E-state index contributed by atoms with van der Waals surface area (Å²) in [5.41, 5.74) is 2.44. The number of ether oxygens (including phenoxy) is 1. The number of hydrogen-bond acceptors (Lipinski definition) is 5. The Morgan fingerprint density at radius 2 is 1.92 bits per heavy atom. The number of aromatic nitrogens is 4. The summed E-state index contributed by atoms with van der Waals surface area (Å²) in [5, 5.41) is 8.43. The molecule has 0 N–H and O–H groups in total. The molecule has 0 unspecified atom stereocenters. The van der Waals surface area contributed by atoms with Gasteiger partial charge in [0.1, 0.15) is 5.75 Å². The van der Waals surface area contributed by atoms with Crippen LogP contribution in [0.2, 0.25) is 0 Å². The smallest absolute Gasteiger partial charge is 0.253 e. The fourth-order valence-corrected chi connectivity index (χ4v) is 2.97. The van der Waals surface area contributed by atoms with E-state index in [2.05, 4.69) is 10.2 Å². The van der Waals surface area contributed by atoms with E-state index in [1.165, 1.54) is 6.20 Å². The largest absolute Gasteiger partial charge is 0.497 e. The summed E-state index contributed by atoms with van der Waals surface area (Å²) in [7, 11) is -1.74. The number of benzene rings is 1. The molecule has 0 fully saturated rings. The van der Waals surface area contributed by atoms with Gasteiger partial charge in [-0.15, -0.1) is 0 Å². The molecule has 126 valence electrons. The fraction of sp³-hybridized carbons (Fsp3) is 0.250. The number of nitrogens with zero attached hydrogens (tertiary/aromatic N) is 4. The molecule has 2 aromatic heterocycles. The predicted octanol–water partition coefficient (Wildman–Crippen LogP) is 2.00. The molecule has 0 bridgehead atoms. The van der Waals surface area contributed by atoms with E-state index < -0.39 is 10.0 Å². The molecule has 0 radical (unpaired) electrons. The third-order valence-electron chi connectivity index (χ3n) is 3.65. The van der Waals surface area contributed by atoms with E-state index in [1.54, 1.807) is 31.0 Å². The molecule has 0 spiro atoms. The second-order valence-corrected chi connectivity index (χ2v) is 7.36. The molecule has 24 heavy (non-hydrogen) atoms. The molecule has 0 saturated carbocycles. The van der Waals surface area contributed by atoms with Crippen LogP contribution in [0.4, 0.5) is 0 Å². The first-order valence-corrected chi connectivity index (χ1v) is 9.07. The summed E-state index contributed by atoms with van der Waals surface area (Å²) in [5.74, 6) is 0.813. The van der Waals surface area contributed by atoms with Gasteiger partial charge in [0.2, 0.25) is 0 Å². The van der Waals surface area contributed by atoms with Crippen molar-refractivity contribution in [2.45, 2.75) is 13.5 Å². The fourth-order valence-electron chi connectivity index (χ4n) is 2.25. The van der Waals surface area contributed by atoms with Gasteiger partial charge >= 0.3 is 0 Å². The summed E-state index contributed by atoms with van der Waals surface area (Å²) >= 11 is 0. The number of rotatable bonds is 6. The highest BCUT2D eigenvalue weighted by molar-refractivity contribution is 7.89. The van der Waals surface area contributed by atoms with Crippen LogP contribution in [0, 0.1) is 0 Å². The number of hydrogen-bond donors (Lipinski definition) is 0. The van der Waals surface area contributed by atoms with Gasteiger partial charge in [0.25, 0.3) is 10.0 Å².